The Hall–Kier alpha value is -1.42. The van der Waals surface area contributed by atoms with Crippen molar-refractivity contribution in [3.63, 3.8) is 0 Å². The Bertz CT molecular complexity index is 399. The highest BCUT2D eigenvalue weighted by molar-refractivity contribution is 5.78. The van der Waals surface area contributed by atoms with Crippen LogP contribution in [0.3, 0.4) is 0 Å². The molecule has 1 heterocycles. The van der Waals surface area contributed by atoms with Crippen LogP contribution in [0.4, 0.5) is 0 Å². The number of carbonyl (C=O) groups is 1. The zero-order valence-electron chi connectivity index (χ0n) is 12.3. The van der Waals surface area contributed by atoms with Crippen LogP contribution in [0.2, 0.25) is 0 Å². The molecule has 4 heteroatoms. The second kappa shape index (κ2) is 8.00. The first-order valence-corrected chi connectivity index (χ1v) is 7.68. The van der Waals surface area contributed by atoms with Crippen LogP contribution in [0.15, 0.2) is 24.5 Å². The van der Waals surface area contributed by atoms with Gasteiger partial charge in [-0.05, 0) is 37.5 Å². The number of nitrogens with one attached hydrogen (secondary N) is 2. The highest BCUT2D eigenvalue weighted by Crippen LogP contribution is 2.17. The van der Waals surface area contributed by atoms with Gasteiger partial charge in [0.2, 0.25) is 5.91 Å². The minimum absolute atomic E-state index is 0.109. The molecule has 0 bridgehead atoms. The quantitative estimate of drug-likeness (QED) is 0.812. The van der Waals surface area contributed by atoms with E-state index in [-0.39, 0.29) is 11.9 Å². The van der Waals surface area contributed by atoms with Crippen LogP contribution in [0, 0.1) is 0 Å². The minimum Gasteiger partial charge on any atom is -0.352 e. The average Bonchev–Trinajstić information content (AvgIpc) is 2.74. The fourth-order valence-electron chi connectivity index (χ4n) is 2.72. The number of carbonyl (C=O) groups excluding carboxylic acids is 1. The van der Waals surface area contributed by atoms with Crippen LogP contribution in [0.1, 0.15) is 57.1 Å². The van der Waals surface area contributed by atoms with Crippen molar-refractivity contribution < 1.29 is 4.79 Å². The standard InChI is InChI=1S/C16H25N3O/c1-13(14-8-10-17-11-9-14)18-12-16(20)19-15-6-4-2-3-5-7-15/h8-11,13,15,18H,2-7,12H2,1H3,(H,19,20). The van der Waals surface area contributed by atoms with Crippen LogP contribution in [0.5, 0.6) is 0 Å². The maximum Gasteiger partial charge on any atom is 0.234 e. The second-order valence-corrected chi connectivity index (χ2v) is 5.64. The van der Waals surface area contributed by atoms with E-state index in [0.29, 0.717) is 12.6 Å². The fourth-order valence-corrected chi connectivity index (χ4v) is 2.72. The first-order valence-electron chi connectivity index (χ1n) is 7.68. The van der Waals surface area contributed by atoms with Crippen LogP contribution >= 0.6 is 0 Å². The summed E-state index contributed by atoms with van der Waals surface area (Å²) >= 11 is 0. The molecule has 1 aliphatic rings. The van der Waals surface area contributed by atoms with Crippen molar-refractivity contribution >= 4 is 5.91 Å². The van der Waals surface area contributed by atoms with Crippen LogP contribution in [-0.4, -0.2) is 23.5 Å². The lowest BCUT2D eigenvalue weighted by atomic mass is 10.1. The van der Waals surface area contributed by atoms with Gasteiger partial charge in [0.25, 0.3) is 0 Å². The predicted molar refractivity (Wildman–Crippen MR) is 80.3 cm³/mol. The molecule has 2 N–H and O–H groups in total. The molecule has 0 radical (unpaired) electrons. The molecule has 0 aromatic carbocycles. The Morgan fingerprint density at radius 3 is 2.55 bits per heavy atom. The Balaban J connectivity index is 1.71. The van der Waals surface area contributed by atoms with Gasteiger partial charge in [-0.1, -0.05) is 25.7 Å². The summed E-state index contributed by atoms with van der Waals surface area (Å²) in [6.45, 7) is 2.44. The molecule has 4 nitrogen and oxygen atoms in total. The topological polar surface area (TPSA) is 54.0 Å². The van der Waals surface area contributed by atoms with E-state index in [1.807, 2.05) is 12.1 Å². The molecule has 110 valence electrons. The van der Waals surface area contributed by atoms with Crippen LogP contribution in [0.25, 0.3) is 0 Å². The number of amides is 1. The maximum absolute atomic E-state index is 12.0. The highest BCUT2D eigenvalue weighted by atomic mass is 16.1. The van der Waals surface area contributed by atoms with E-state index in [1.165, 1.54) is 25.7 Å². The molecule has 2 rings (SSSR count). The molecule has 1 saturated carbocycles. The Morgan fingerprint density at radius 1 is 1.25 bits per heavy atom. The normalized spacial score (nSPS) is 18.2. The summed E-state index contributed by atoms with van der Waals surface area (Å²) in [5.74, 6) is 0.109. The maximum atomic E-state index is 12.0. The lowest BCUT2D eigenvalue weighted by Crippen LogP contribution is -2.40. The molecule has 0 saturated heterocycles. The first-order chi connectivity index (χ1) is 9.75. The Morgan fingerprint density at radius 2 is 1.90 bits per heavy atom. The van der Waals surface area contributed by atoms with Crippen molar-refractivity contribution in [1.82, 2.24) is 15.6 Å². The van der Waals surface area contributed by atoms with E-state index < -0.39 is 0 Å². The van der Waals surface area contributed by atoms with Crippen molar-refractivity contribution in [2.75, 3.05) is 6.54 Å². The molecule has 1 amide bonds. The van der Waals surface area contributed by atoms with E-state index in [0.717, 1.165) is 18.4 Å². The SMILES string of the molecule is CC(NCC(=O)NC1CCCCCC1)c1ccncc1. The van der Waals surface area contributed by atoms with Gasteiger partial charge in [0, 0.05) is 24.5 Å². The number of aromatic nitrogens is 1. The largest absolute Gasteiger partial charge is 0.352 e. The predicted octanol–water partition coefficient (Wildman–Crippen LogP) is 2.57. The summed E-state index contributed by atoms with van der Waals surface area (Å²) in [5, 5.41) is 6.42. The Labute approximate surface area is 121 Å². The van der Waals surface area contributed by atoms with Crippen molar-refractivity contribution in [1.29, 1.82) is 0 Å². The summed E-state index contributed by atoms with van der Waals surface area (Å²) in [7, 11) is 0. The molecule has 1 unspecified atom stereocenters. The number of hydrogen-bond acceptors (Lipinski definition) is 3. The third kappa shape index (κ3) is 4.93. The van der Waals surface area contributed by atoms with E-state index >= 15 is 0 Å². The number of pyridine rings is 1. The van der Waals surface area contributed by atoms with Crippen molar-refractivity contribution in [3.8, 4) is 0 Å². The second-order valence-electron chi connectivity index (χ2n) is 5.64. The van der Waals surface area contributed by atoms with E-state index in [4.69, 9.17) is 0 Å². The zero-order chi connectivity index (χ0) is 14.2. The molecule has 0 aliphatic heterocycles. The van der Waals surface area contributed by atoms with Crippen molar-refractivity contribution in [2.24, 2.45) is 0 Å². The van der Waals surface area contributed by atoms with Gasteiger partial charge >= 0.3 is 0 Å². The Kier molecular flexibility index (Phi) is 5.99. The lowest BCUT2D eigenvalue weighted by Gasteiger charge is -2.18. The van der Waals surface area contributed by atoms with Gasteiger partial charge in [0.15, 0.2) is 0 Å². The first kappa shape index (κ1) is 15.0. The summed E-state index contributed by atoms with van der Waals surface area (Å²) in [6, 6.07) is 4.49. The van der Waals surface area contributed by atoms with Gasteiger partial charge in [0.1, 0.15) is 0 Å². The highest BCUT2D eigenvalue weighted by Gasteiger charge is 2.15. The number of rotatable bonds is 5. The monoisotopic (exact) mass is 275 g/mol. The molecule has 1 fully saturated rings. The van der Waals surface area contributed by atoms with Gasteiger partial charge in [0.05, 0.1) is 6.54 Å². The van der Waals surface area contributed by atoms with Crippen molar-refractivity contribution in [3.05, 3.63) is 30.1 Å². The van der Waals surface area contributed by atoms with Crippen LogP contribution in [-0.2, 0) is 4.79 Å². The molecule has 1 aliphatic carbocycles. The smallest absolute Gasteiger partial charge is 0.234 e. The number of nitrogens with zero attached hydrogens (tertiary/aromatic N) is 1. The third-order valence-corrected chi connectivity index (χ3v) is 4.00. The third-order valence-electron chi connectivity index (χ3n) is 4.00. The fraction of sp³-hybridized carbons (Fsp3) is 0.625. The molecule has 0 spiro atoms. The van der Waals surface area contributed by atoms with E-state index in [1.54, 1.807) is 12.4 Å². The summed E-state index contributed by atoms with van der Waals surface area (Å²) in [4.78, 5) is 16.0. The average molecular weight is 275 g/mol. The van der Waals surface area contributed by atoms with E-state index in [2.05, 4.69) is 22.5 Å². The summed E-state index contributed by atoms with van der Waals surface area (Å²) < 4.78 is 0. The molecule has 1 aromatic heterocycles. The summed E-state index contributed by atoms with van der Waals surface area (Å²) in [5.41, 5.74) is 1.15. The van der Waals surface area contributed by atoms with Gasteiger partial charge < -0.3 is 10.6 Å². The van der Waals surface area contributed by atoms with Gasteiger partial charge in [-0.25, -0.2) is 0 Å². The molecular formula is C16H25N3O. The van der Waals surface area contributed by atoms with Crippen molar-refractivity contribution in [2.45, 2.75) is 57.5 Å². The van der Waals surface area contributed by atoms with E-state index in [9.17, 15) is 4.79 Å². The van der Waals surface area contributed by atoms with Gasteiger partial charge in [-0.15, -0.1) is 0 Å². The minimum atomic E-state index is 0.109. The molecule has 1 atom stereocenters. The summed E-state index contributed by atoms with van der Waals surface area (Å²) in [6.07, 6.45) is 10.9. The van der Waals surface area contributed by atoms with Gasteiger partial charge in [-0.2, -0.15) is 0 Å². The molecule has 20 heavy (non-hydrogen) atoms. The van der Waals surface area contributed by atoms with Gasteiger partial charge in [-0.3, -0.25) is 9.78 Å². The van der Waals surface area contributed by atoms with Crippen LogP contribution < -0.4 is 10.6 Å². The number of hydrogen-bond donors (Lipinski definition) is 2. The molecule has 1 aromatic rings. The molecular weight excluding hydrogens is 250 g/mol. The zero-order valence-corrected chi connectivity index (χ0v) is 12.3. The lowest BCUT2D eigenvalue weighted by molar-refractivity contribution is -0.121.